The van der Waals surface area contributed by atoms with Gasteiger partial charge in [-0.3, -0.25) is 0 Å². The van der Waals surface area contributed by atoms with Crippen LogP contribution in [0, 0.1) is 5.92 Å². The van der Waals surface area contributed by atoms with E-state index < -0.39 is 0 Å². The zero-order chi connectivity index (χ0) is 12.4. The van der Waals surface area contributed by atoms with Crippen molar-refractivity contribution in [3.8, 4) is 0 Å². The summed E-state index contributed by atoms with van der Waals surface area (Å²) in [5, 5.41) is 0. The number of nitrogens with zero attached hydrogens (tertiary/aromatic N) is 4. The average molecular weight is 311 g/mol. The van der Waals surface area contributed by atoms with E-state index in [0.717, 1.165) is 42.3 Å². The van der Waals surface area contributed by atoms with Gasteiger partial charge in [0.05, 0.1) is 12.5 Å². The number of hydrogen-bond donors (Lipinski definition) is 0. The van der Waals surface area contributed by atoms with Crippen LogP contribution in [-0.4, -0.2) is 32.7 Å². The third-order valence-electron chi connectivity index (χ3n) is 3.42. The van der Waals surface area contributed by atoms with Gasteiger partial charge in [0.25, 0.3) is 0 Å². The Hall–Kier alpha value is -1.01. The van der Waals surface area contributed by atoms with Crippen LogP contribution in [0.25, 0.3) is 11.3 Å². The Morgan fingerprint density at radius 3 is 3.00 bits per heavy atom. The summed E-state index contributed by atoms with van der Waals surface area (Å²) in [6.45, 7) is 2.76. The number of halogens is 1. The molecule has 6 heteroatoms. The highest BCUT2D eigenvalue weighted by atomic mass is 79.9. The van der Waals surface area contributed by atoms with Crippen LogP contribution in [0.15, 0.2) is 17.1 Å². The van der Waals surface area contributed by atoms with Gasteiger partial charge >= 0.3 is 0 Å². The zero-order valence-corrected chi connectivity index (χ0v) is 11.6. The van der Waals surface area contributed by atoms with Gasteiger partial charge in [-0.2, -0.15) is 0 Å². The molecule has 3 heterocycles. The van der Waals surface area contributed by atoms with Crippen molar-refractivity contribution in [1.29, 1.82) is 0 Å². The van der Waals surface area contributed by atoms with Gasteiger partial charge in [-0.1, -0.05) is 0 Å². The Kier molecular flexibility index (Phi) is 3.56. The quantitative estimate of drug-likeness (QED) is 0.873. The molecule has 3 rings (SSSR count). The molecular formula is C12H15BrN4O. The van der Waals surface area contributed by atoms with E-state index in [4.69, 9.17) is 4.74 Å². The summed E-state index contributed by atoms with van der Waals surface area (Å²) >= 11 is 3.35. The second-order valence-corrected chi connectivity index (χ2v) is 5.43. The summed E-state index contributed by atoms with van der Waals surface area (Å²) < 4.78 is 8.21. The lowest BCUT2D eigenvalue weighted by Crippen LogP contribution is -2.17. The van der Waals surface area contributed by atoms with E-state index >= 15 is 0 Å². The minimum absolute atomic E-state index is 0.713. The minimum Gasteiger partial charge on any atom is -0.381 e. The number of ether oxygens (including phenoxy) is 1. The molecule has 0 atom stereocenters. The summed E-state index contributed by atoms with van der Waals surface area (Å²) in [7, 11) is 0. The first kappa shape index (κ1) is 12.0. The lowest BCUT2D eigenvalue weighted by Gasteiger charge is -2.21. The third-order valence-corrected chi connectivity index (χ3v) is 3.80. The maximum Gasteiger partial charge on any atom is 0.197 e. The Morgan fingerprint density at radius 2 is 2.17 bits per heavy atom. The van der Waals surface area contributed by atoms with Crippen LogP contribution in [0.2, 0.25) is 0 Å². The summed E-state index contributed by atoms with van der Waals surface area (Å²) in [5.41, 5.74) is 1.57. The van der Waals surface area contributed by atoms with E-state index in [1.54, 1.807) is 6.20 Å². The molecule has 0 unspecified atom stereocenters. The van der Waals surface area contributed by atoms with Gasteiger partial charge < -0.3 is 9.30 Å². The summed E-state index contributed by atoms with van der Waals surface area (Å²) in [6.07, 6.45) is 7.00. The Labute approximate surface area is 114 Å². The SMILES string of the molecule is Brc1cnc2ncn(CCC3CCOCC3)c2n1. The predicted octanol–water partition coefficient (Wildman–Crippen LogP) is 2.41. The normalized spacial score (nSPS) is 17.4. The molecule has 0 radical (unpaired) electrons. The van der Waals surface area contributed by atoms with Crippen LogP contribution < -0.4 is 0 Å². The lowest BCUT2D eigenvalue weighted by molar-refractivity contribution is 0.0627. The minimum atomic E-state index is 0.713. The number of rotatable bonds is 3. The molecule has 0 spiro atoms. The Bertz CT molecular complexity index is 536. The van der Waals surface area contributed by atoms with E-state index in [1.165, 1.54) is 12.8 Å². The van der Waals surface area contributed by atoms with Crippen LogP contribution in [0.5, 0.6) is 0 Å². The molecule has 1 aliphatic heterocycles. The van der Waals surface area contributed by atoms with Gasteiger partial charge in [-0.25, -0.2) is 15.0 Å². The van der Waals surface area contributed by atoms with Gasteiger partial charge in [-0.15, -0.1) is 0 Å². The van der Waals surface area contributed by atoms with Gasteiger partial charge in [0, 0.05) is 19.8 Å². The summed E-state index contributed by atoms with van der Waals surface area (Å²) in [6, 6.07) is 0. The van der Waals surface area contributed by atoms with Crippen molar-refractivity contribution in [1.82, 2.24) is 19.5 Å². The molecule has 2 aromatic rings. The second-order valence-electron chi connectivity index (χ2n) is 4.62. The van der Waals surface area contributed by atoms with Crippen molar-refractivity contribution >= 4 is 27.2 Å². The van der Waals surface area contributed by atoms with Crippen LogP contribution in [0.1, 0.15) is 19.3 Å². The van der Waals surface area contributed by atoms with Crippen molar-refractivity contribution in [2.45, 2.75) is 25.8 Å². The molecule has 0 bridgehead atoms. The highest BCUT2D eigenvalue weighted by molar-refractivity contribution is 9.10. The molecule has 0 amide bonds. The van der Waals surface area contributed by atoms with E-state index in [1.807, 2.05) is 6.33 Å². The van der Waals surface area contributed by atoms with Crippen LogP contribution >= 0.6 is 15.9 Å². The topological polar surface area (TPSA) is 52.8 Å². The van der Waals surface area contributed by atoms with Crippen molar-refractivity contribution in [3.05, 3.63) is 17.1 Å². The molecule has 96 valence electrons. The predicted molar refractivity (Wildman–Crippen MR) is 71.2 cm³/mol. The first-order valence-electron chi connectivity index (χ1n) is 6.24. The fraction of sp³-hybridized carbons (Fsp3) is 0.583. The molecule has 1 saturated heterocycles. The van der Waals surface area contributed by atoms with Crippen LogP contribution in [0.4, 0.5) is 0 Å². The molecule has 0 N–H and O–H groups in total. The second kappa shape index (κ2) is 5.32. The van der Waals surface area contributed by atoms with Gasteiger partial charge in [0.1, 0.15) is 4.60 Å². The van der Waals surface area contributed by atoms with Crippen molar-refractivity contribution < 1.29 is 4.74 Å². The fourth-order valence-electron chi connectivity index (χ4n) is 2.34. The van der Waals surface area contributed by atoms with Gasteiger partial charge in [0.2, 0.25) is 0 Å². The summed E-state index contributed by atoms with van der Waals surface area (Å²) in [4.78, 5) is 12.9. The maximum atomic E-state index is 5.38. The van der Waals surface area contributed by atoms with E-state index in [-0.39, 0.29) is 0 Å². The lowest BCUT2D eigenvalue weighted by atomic mass is 9.97. The molecule has 18 heavy (non-hydrogen) atoms. The molecule has 0 saturated carbocycles. The first-order chi connectivity index (χ1) is 8.83. The van der Waals surface area contributed by atoms with Crippen molar-refractivity contribution in [3.63, 3.8) is 0 Å². The fourth-order valence-corrected chi connectivity index (χ4v) is 2.61. The number of aromatic nitrogens is 4. The number of fused-ring (bicyclic) bond motifs is 1. The molecule has 2 aromatic heterocycles. The molecule has 0 aromatic carbocycles. The number of hydrogen-bond acceptors (Lipinski definition) is 4. The molecular weight excluding hydrogens is 296 g/mol. The highest BCUT2D eigenvalue weighted by Gasteiger charge is 2.14. The van der Waals surface area contributed by atoms with Gasteiger partial charge in [0.15, 0.2) is 11.3 Å². The molecule has 1 fully saturated rings. The molecule has 0 aliphatic carbocycles. The third kappa shape index (κ3) is 2.54. The van der Waals surface area contributed by atoms with Crippen molar-refractivity contribution in [2.75, 3.05) is 13.2 Å². The van der Waals surface area contributed by atoms with Gasteiger partial charge in [-0.05, 0) is 41.1 Å². The highest BCUT2D eigenvalue weighted by Crippen LogP contribution is 2.20. The maximum absolute atomic E-state index is 5.38. The van der Waals surface area contributed by atoms with E-state index in [9.17, 15) is 0 Å². The smallest absolute Gasteiger partial charge is 0.197 e. The standard InChI is InChI=1S/C12H15BrN4O/c13-10-7-14-11-12(16-10)17(8-15-11)4-1-9-2-5-18-6-3-9/h7-9H,1-6H2. The molecule has 1 aliphatic rings. The van der Waals surface area contributed by atoms with Crippen LogP contribution in [0.3, 0.4) is 0 Å². The number of aryl methyl sites for hydroxylation is 1. The number of imidazole rings is 1. The summed E-state index contributed by atoms with van der Waals surface area (Å²) in [5.74, 6) is 0.760. The first-order valence-corrected chi connectivity index (χ1v) is 7.03. The monoisotopic (exact) mass is 310 g/mol. The Morgan fingerprint density at radius 1 is 1.33 bits per heavy atom. The van der Waals surface area contributed by atoms with E-state index in [0.29, 0.717) is 5.65 Å². The van der Waals surface area contributed by atoms with E-state index in [2.05, 4.69) is 35.4 Å². The zero-order valence-electron chi connectivity index (χ0n) is 10.0. The van der Waals surface area contributed by atoms with Crippen molar-refractivity contribution in [2.24, 2.45) is 5.92 Å². The van der Waals surface area contributed by atoms with Crippen LogP contribution in [-0.2, 0) is 11.3 Å². The largest absolute Gasteiger partial charge is 0.381 e. The molecule has 5 nitrogen and oxygen atoms in total. The average Bonchev–Trinajstić information content (AvgIpc) is 2.80. The Balaban J connectivity index is 1.72.